The van der Waals surface area contributed by atoms with E-state index in [1.165, 1.54) is 11.3 Å². The number of hydrogen-bond acceptors (Lipinski definition) is 5. The van der Waals surface area contributed by atoms with Gasteiger partial charge in [0.2, 0.25) is 0 Å². The smallest absolute Gasteiger partial charge is 0.266 e. The third-order valence-corrected chi connectivity index (χ3v) is 6.70. The maximum atomic E-state index is 13.2. The summed E-state index contributed by atoms with van der Waals surface area (Å²) in [5.41, 5.74) is 3.20. The molecule has 0 aliphatic rings. The lowest BCUT2D eigenvalue weighted by molar-refractivity contribution is -0.120. The Morgan fingerprint density at radius 1 is 1.21 bits per heavy atom. The quantitative estimate of drug-likeness (QED) is 0.269. The molecule has 0 atom stereocenters. The van der Waals surface area contributed by atoms with Crippen LogP contribution < -0.4 is 9.64 Å². The second-order valence-corrected chi connectivity index (χ2v) is 9.31. The first-order chi connectivity index (χ1) is 15.4. The van der Waals surface area contributed by atoms with Crippen LogP contribution in [0.5, 0.6) is 5.75 Å². The first-order valence-corrected chi connectivity index (χ1v) is 11.7. The van der Waals surface area contributed by atoms with E-state index in [0.717, 1.165) is 34.3 Å². The Labute approximate surface area is 212 Å². The van der Waals surface area contributed by atoms with E-state index in [0.29, 0.717) is 27.5 Å². The molecule has 33 heavy (non-hydrogen) atoms. The van der Waals surface area contributed by atoms with Crippen LogP contribution in [0, 0.1) is 13.8 Å². The predicted octanol–water partition coefficient (Wildman–Crippen LogP) is 6.34. The van der Waals surface area contributed by atoms with E-state index in [1.54, 1.807) is 35.6 Å². The maximum Gasteiger partial charge on any atom is 0.266 e. The van der Waals surface area contributed by atoms with Crippen LogP contribution in [-0.2, 0) is 11.3 Å². The lowest BCUT2D eigenvalue weighted by atomic mass is 10.1. The molecule has 0 radical (unpaired) electrons. The Balaban J connectivity index is 0.00000306. The van der Waals surface area contributed by atoms with Gasteiger partial charge in [-0.1, -0.05) is 40.6 Å². The van der Waals surface area contributed by atoms with E-state index in [9.17, 15) is 4.79 Å². The van der Waals surface area contributed by atoms with Crippen molar-refractivity contribution in [3.63, 3.8) is 0 Å². The van der Waals surface area contributed by atoms with Gasteiger partial charge < -0.3 is 9.30 Å². The van der Waals surface area contributed by atoms with E-state index in [4.69, 9.17) is 32.9 Å². The summed E-state index contributed by atoms with van der Waals surface area (Å²) in [6.07, 6.45) is 6.16. The van der Waals surface area contributed by atoms with Gasteiger partial charge in [-0.15, -0.1) is 12.4 Å². The standard InChI is InChI=1S/C23H22Cl2N4O2S.ClH/c1-15-10-16(2)22-19(11-15)27-23(32-22)29(8-3-7-28-9-6-26-14-28)21(30)13-31-20-5-4-17(24)12-18(20)25;/h4-6,9-12,14H,3,7-8,13H2,1-2H3;1H. The van der Waals surface area contributed by atoms with Crippen molar-refractivity contribution in [2.75, 3.05) is 18.1 Å². The Kier molecular flexibility index (Phi) is 8.59. The lowest BCUT2D eigenvalue weighted by Crippen LogP contribution is -2.36. The molecular formula is C23H23Cl3N4O2S. The van der Waals surface area contributed by atoms with Gasteiger partial charge in [-0.05, 0) is 55.7 Å². The second-order valence-electron chi connectivity index (χ2n) is 7.49. The first-order valence-electron chi connectivity index (χ1n) is 10.1. The molecular weight excluding hydrogens is 503 g/mol. The summed E-state index contributed by atoms with van der Waals surface area (Å²) in [5.74, 6) is 0.230. The van der Waals surface area contributed by atoms with Gasteiger partial charge in [-0.25, -0.2) is 9.97 Å². The molecule has 0 spiro atoms. The average molecular weight is 526 g/mol. The molecule has 0 aliphatic carbocycles. The van der Waals surface area contributed by atoms with E-state index < -0.39 is 0 Å². The molecule has 4 rings (SSSR count). The number of ether oxygens (including phenoxy) is 1. The number of benzene rings is 2. The van der Waals surface area contributed by atoms with Crippen molar-refractivity contribution >= 4 is 68.2 Å². The summed E-state index contributed by atoms with van der Waals surface area (Å²) in [5, 5.41) is 1.54. The van der Waals surface area contributed by atoms with Crippen LogP contribution in [0.2, 0.25) is 10.0 Å². The summed E-state index contributed by atoms with van der Waals surface area (Å²) in [7, 11) is 0. The number of nitrogens with zero attached hydrogens (tertiary/aromatic N) is 4. The average Bonchev–Trinajstić information content (AvgIpc) is 3.40. The minimum Gasteiger partial charge on any atom is -0.482 e. The van der Waals surface area contributed by atoms with E-state index >= 15 is 0 Å². The molecule has 0 saturated carbocycles. The highest BCUT2D eigenvalue weighted by molar-refractivity contribution is 7.22. The number of halogens is 3. The van der Waals surface area contributed by atoms with E-state index in [2.05, 4.69) is 18.0 Å². The van der Waals surface area contributed by atoms with Crippen LogP contribution in [0.1, 0.15) is 17.5 Å². The number of aromatic nitrogens is 3. The SMILES string of the molecule is Cc1cc(C)c2sc(N(CCCn3ccnc3)C(=O)COc3ccc(Cl)cc3Cl)nc2c1.Cl. The highest BCUT2D eigenvalue weighted by atomic mass is 35.5. The van der Waals surface area contributed by atoms with Crippen LogP contribution in [0.4, 0.5) is 5.13 Å². The Hall–Kier alpha value is -2.32. The van der Waals surface area contributed by atoms with Crippen LogP contribution in [0.25, 0.3) is 10.2 Å². The van der Waals surface area contributed by atoms with Crippen molar-refractivity contribution in [3.05, 3.63) is 70.2 Å². The van der Waals surface area contributed by atoms with Crippen molar-refractivity contribution in [2.45, 2.75) is 26.8 Å². The number of rotatable bonds is 8. The van der Waals surface area contributed by atoms with Crippen molar-refractivity contribution in [2.24, 2.45) is 0 Å². The zero-order chi connectivity index (χ0) is 22.7. The fraction of sp³-hybridized carbons (Fsp3) is 0.261. The van der Waals surface area contributed by atoms with Gasteiger partial charge in [-0.3, -0.25) is 9.69 Å². The molecule has 4 aromatic rings. The molecule has 0 unspecified atom stereocenters. The number of carbonyl (C=O) groups is 1. The summed E-state index contributed by atoms with van der Waals surface area (Å²) in [6.45, 7) is 5.21. The molecule has 6 nitrogen and oxygen atoms in total. The minimum absolute atomic E-state index is 0. The number of carbonyl (C=O) groups excluding carboxylic acids is 1. The fourth-order valence-corrected chi connectivity index (χ4v) is 4.97. The van der Waals surface area contributed by atoms with Crippen LogP contribution in [-0.4, -0.2) is 33.6 Å². The topological polar surface area (TPSA) is 60.2 Å². The molecule has 1 amide bonds. The Morgan fingerprint density at radius 3 is 2.76 bits per heavy atom. The van der Waals surface area contributed by atoms with E-state index in [1.807, 2.05) is 23.8 Å². The van der Waals surface area contributed by atoms with Gasteiger partial charge in [-0.2, -0.15) is 0 Å². The van der Waals surface area contributed by atoms with Gasteiger partial charge in [0, 0.05) is 30.5 Å². The van der Waals surface area contributed by atoms with Gasteiger partial charge in [0.15, 0.2) is 11.7 Å². The monoisotopic (exact) mass is 524 g/mol. The maximum absolute atomic E-state index is 13.2. The zero-order valence-corrected chi connectivity index (χ0v) is 21.3. The van der Waals surface area contributed by atoms with Crippen LogP contribution in [0.3, 0.4) is 0 Å². The third-order valence-electron chi connectivity index (χ3n) is 4.94. The van der Waals surface area contributed by atoms with Gasteiger partial charge in [0.05, 0.1) is 21.6 Å². The van der Waals surface area contributed by atoms with Crippen molar-refractivity contribution in [3.8, 4) is 5.75 Å². The van der Waals surface area contributed by atoms with Gasteiger partial charge in [0.25, 0.3) is 5.91 Å². The largest absolute Gasteiger partial charge is 0.482 e. The number of fused-ring (bicyclic) bond motifs is 1. The summed E-state index contributed by atoms with van der Waals surface area (Å²) in [4.78, 5) is 23.7. The first kappa shape index (κ1) is 25.3. The number of aryl methyl sites for hydroxylation is 3. The zero-order valence-electron chi connectivity index (χ0n) is 18.1. The lowest BCUT2D eigenvalue weighted by Gasteiger charge is -2.20. The fourth-order valence-electron chi connectivity index (χ4n) is 3.45. The molecule has 0 aliphatic heterocycles. The van der Waals surface area contributed by atoms with Crippen LogP contribution >= 0.6 is 46.9 Å². The molecule has 0 saturated heterocycles. The molecule has 2 aromatic heterocycles. The van der Waals surface area contributed by atoms with Gasteiger partial charge >= 0.3 is 0 Å². The molecule has 0 fully saturated rings. The Morgan fingerprint density at radius 2 is 2.03 bits per heavy atom. The third kappa shape index (κ3) is 6.18. The molecule has 2 heterocycles. The summed E-state index contributed by atoms with van der Waals surface area (Å²) in [6, 6.07) is 9.09. The molecule has 174 valence electrons. The number of imidazole rings is 1. The molecule has 10 heteroatoms. The van der Waals surface area contributed by atoms with Crippen molar-refractivity contribution < 1.29 is 9.53 Å². The minimum atomic E-state index is -0.185. The van der Waals surface area contributed by atoms with Gasteiger partial charge in [0.1, 0.15) is 5.75 Å². The summed E-state index contributed by atoms with van der Waals surface area (Å²) < 4.78 is 8.77. The van der Waals surface area contributed by atoms with E-state index in [-0.39, 0.29) is 24.9 Å². The summed E-state index contributed by atoms with van der Waals surface area (Å²) >= 11 is 13.6. The second kappa shape index (κ2) is 11.2. The highest BCUT2D eigenvalue weighted by Crippen LogP contribution is 2.33. The number of thiazole rings is 1. The van der Waals surface area contributed by atoms with Crippen LogP contribution in [0.15, 0.2) is 49.1 Å². The Bertz CT molecular complexity index is 1240. The van der Waals surface area contributed by atoms with Crippen molar-refractivity contribution in [1.82, 2.24) is 14.5 Å². The highest BCUT2D eigenvalue weighted by Gasteiger charge is 2.21. The molecule has 2 aromatic carbocycles. The number of hydrogen-bond donors (Lipinski definition) is 0. The molecule has 0 N–H and O–H groups in total. The molecule has 0 bridgehead atoms. The number of anilines is 1. The van der Waals surface area contributed by atoms with Crippen molar-refractivity contribution in [1.29, 1.82) is 0 Å². The number of amides is 1. The normalized spacial score (nSPS) is 10.8. The predicted molar refractivity (Wildman–Crippen MR) is 137 cm³/mol.